The Labute approximate surface area is 118 Å². The van der Waals surface area contributed by atoms with Crippen molar-refractivity contribution in [2.45, 2.75) is 32.4 Å². The van der Waals surface area contributed by atoms with Gasteiger partial charge in [-0.1, -0.05) is 0 Å². The third-order valence-electron chi connectivity index (χ3n) is 3.27. The fourth-order valence-electron chi connectivity index (χ4n) is 1.64. The van der Waals surface area contributed by atoms with Crippen molar-refractivity contribution in [2.24, 2.45) is 0 Å². The zero-order chi connectivity index (χ0) is 15.1. The van der Waals surface area contributed by atoms with Crippen molar-refractivity contribution in [2.75, 3.05) is 13.6 Å². The Kier molecular flexibility index (Phi) is 6.11. The Morgan fingerprint density at radius 2 is 1.95 bits per heavy atom. The van der Waals surface area contributed by atoms with Crippen molar-refractivity contribution in [3.63, 3.8) is 0 Å². The summed E-state index contributed by atoms with van der Waals surface area (Å²) in [5.41, 5.74) is 1.15. The third-order valence-corrected chi connectivity index (χ3v) is 3.27. The first kappa shape index (κ1) is 16.1. The van der Waals surface area contributed by atoms with Gasteiger partial charge in [0, 0.05) is 18.9 Å². The lowest BCUT2D eigenvalue weighted by molar-refractivity contribution is -0.142. The summed E-state index contributed by atoms with van der Waals surface area (Å²) in [5.74, 6) is -1.32. The van der Waals surface area contributed by atoms with Gasteiger partial charge in [0.25, 0.3) is 0 Å². The third kappa shape index (κ3) is 4.97. The van der Waals surface area contributed by atoms with Crippen LogP contribution in [0.3, 0.4) is 0 Å². The van der Waals surface area contributed by atoms with E-state index in [1.165, 1.54) is 6.92 Å². The molecule has 0 aromatic carbocycles. The molecule has 0 aliphatic carbocycles. The van der Waals surface area contributed by atoms with E-state index < -0.39 is 12.0 Å². The molecule has 1 amide bonds. The highest BCUT2D eigenvalue weighted by atomic mass is 16.4. The minimum atomic E-state index is -1.04. The minimum absolute atomic E-state index is 0.280. The van der Waals surface area contributed by atoms with Gasteiger partial charge < -0.3 is 10.4 Å². The molecule has 6 nitrogen and oxygen atoms in total. The monoisotopic (exact) mass is 279 g/mol. The van der Waals surface area contributed by atoms with E-state index >= 15 is 0 Å². The topological polar surface area (TPSA) is 82.5 Å². The molecule has 6 heteroatoms. The van der Waals surface area contributed by atoms with Gasteiger partial charge in [0.05, 0.1) is 6.04 Å². The van der Waals surface area contributed by atoms with E-state index in [9.17, 15) is 9.59 Å². The van der Waals surface area contributed by atoms with E-state index in [1.54, 1.807) is 19.3 Å². The van der Waals surface area contributed by atoms with Crippen LogP contribution in [0.25, 0.3) is 0 Å². The molecule has 2 atom stereocenters. The number of carbonyl (C=O) groups is 2. The van der Waals surface area contributed by atoms with Crippen LogP contribution in [0.2, 0.25) is 0 Å². The quantitative estimate of drug-likeness (QED) is 0.761. The lowest BCUT2D eigenvalue weighted by atomic mass is 10.1. The number of rotatable bonds is 7. The summed E-state index contributed by atoms with van der Waals surface area (Å²) in [6.07, 6.45) is 4.28. The number of carboxylic acid groups (broad SMARTS) is 1. The summed E-state index contributed by atoms with van der Waals surface area (Å²) in [5, 5.41) is 11.2. The number of amides is 1. The molecule has 0 spiro atoms. The van der Waals surface area contributed by atoms with E-state index in [1.807, 2.05) is 24.1 Å². The van der Waals surface area contributed by atoms with Crippen LogP contribution in [0.4, 0.5) is 0 Å². The highest BCUT2D eigenvalue weighted by Gasteiger charge is 2.21. The Morgan fingerprint density at radius 3 is 2.50 bits per heavy atom. The van der Waals surface area contributed by atoms with Gasteiger partial charge in [0.1, 0.15) is 6.04 Å². The maximum absolute atomic E-state index is 11.9. The minimum Gasteiger partial charge on any atom is -0.480 e. The normalized spacial score (nSPS) is 13.8. The maximum Gasteiger partial charge on any atom is 0.325 e. The number of nitrogens with one attached hydrogen (secondary N) is 1. The molecule has 1 aromatic heterocycles. The van der Waals surface area contributed by atoms with Gasteiger partial charge in [-0.3, -0.25) is 19.5 Å². The largest absolute Gasteiger partial charge is 0.480 e. The number of hydrogen-bond acceptors (Lipinski definition) is 4. The fourth-order valence-corrected chi connectivity index (χ4v) is 1.64. The number of aromatic nitrogens is 1. The molecule has 2 unspecified atom stereocenters. The molecule has 1 aromatic rings. The smallest absolute Gasteiger partial charge is 0.325 e. The summed E-state index contributed by atoms with van der Waals surface area (Å²) in [6.45, 7) is 3.92. The average molecular weight is 279 g/mol. The molecule has 0 saturated carbocycles. The van der Waals surface area contributed by atoms with Gasteiger partial charge in [-0.05, 0) is 45.0 Å². The number of nitrogens with zero attached hydrogens (tertiary/aromatic N) is 2. The SMILES string of the molecule is CC(NC(=O)C(C)N(C)CCc1ccncc1)C(=O)O. The summed E-state index contributed by atoms with van der Waals surface area (Å²) >= 11 is 0. The van der Waals surface area contributed by atoms with Crippen molar-refractivity contribution < 1.29 is 14.7 Å². The van der Waals surface area contributed by atoms with E-state index in [2.05, 4.69) is 10.3 Å². The van der Waals surface area contributed by atoms with Crippen LogP contribution in [0.1, 0.15) is 19.4 Å². The van der Waals surface area contributed by atoms with Crippen molar-refractivity contribution in [3.8, 4) is 0 Å². The first-order valence-corrected chi connectivity index (χ1v) is 6.54. The molecule has 0 saturated heterocycles. The Balaban J connectivity index is 2.44. The molecular weight excluding hydrogens is 258 g/mol. The van der Waals surface area contributed by atoms with Crippen LogP contribution in [-0.4, -0.2) is 52.5 Å². The van der Waals surface area contributed by atoms with Gasteiger partial charge in [-0.2, -0.15) is 0 Å². The molecule has 20 heavy (non-hydrogen) atoms. The van der Waals surface area contributed by atoms with Crippen LogP contribution in [0.5, 0.6) is 0 Å². The molecule has 1 heterocycles. The van der Waals surface area contributed by atoms with Gasteiger partial charge in [0.2, 0.25) is 5.91 Å². The fraction of sp³-hybridized carbons (Fsp3) is 0.500. The van der Waals surface area contributed by atoms with E-state index in [0.29, 0.717) is 6.54 Å². The Hall–Kier alpha value is -1.95. The second-order valence-electron chi connectivity index (χ2n) is 4.83. The second kappa shape index (κ2) is 7.59. The molecule has 1 rings (SSSR count). The lowest BCUT2D eigenvalue weighted by Gasteiger charge is -2.24. The highest BCUT2D eigenvalue weighted by Crippen LogP contribution is 2.02. The average Bonchev–Trinajstić information content (AvgIpc) is 2.44. The molecule has 0 fully saturated rings. The van der Waals surface area contributed by atoms with E-state index in [-0.39, 0.29) is 11.9 Å². The summed E-state index contributed by atoms with van der Waals surface area (Å²) in [6, 6.07) is 2.62. The zero-order valence-electron chi connectivity index (χ0n) is 12.0. The molecule has 0 radical (unpaired) electrons. The van der Waals surface area contributed by atoms with Gasteiger partial charge in [-0.25, -0.2) is 0 Å². The zero-order valence-corrected chi connectivity index (χ0v) is 12.0. The number of carbonyl (C=O) groups excluding carboxylic acids is 1. The standard InChI is InChI=1S/C14H21N3O3/c1-10(14(19)20)16-13(18)11(2)17(3)9-6-12-4-7-15-8-5-12/h4-5,7-8,10-11H,6,9H2,1-3H3,(H,16,18)(H,19,20). The molecule has 2 N–H and O–H groups in total. The Morgan fingerprint density at radius 1 is 1.35 bits per heavy atom. The molecule has 0 aliphatic heterocycles. The Bertz CT molecular complexity index is 450. The van der Waals surface area contributed by atoms with Crippen molar-refractivity contribution >= 4 is 11.9 Å². The van der Waals surface area contributed by atoms with Crippen LogP contribution in [0, 0.1) is 0 Å². The van der Waals surface area contributed by atoms with Crippen LogP contribution >= 0.6 is 0 Å². The van der Waals surface area contributed by atoms with Crippen LogP contribution in [-0.2, 0) is 16.0 Å². The summed E-state index contributed by atoms with van der Waals surface area (Å²) < 4.78 is 0. The maximum atomic E-state index is 11.9. The lowest BCUT2D eigenvalue weighted by Crippen LogP contribution is -2.48. The number of pyridine rings is 1. The predicted octanol–water partition coefficient (Wildman–Crippen LogP) is 0.534. The molecule has 0 bridgehead atoms. The predicted molar refractivity (Wildman–Crippen MR) is 75.3 cm³/mol. The van der Waals surface area contributed by atoms with E-state index in [0.717, 1.165) is 12.0 Å². The van der Waals surface area contributed by atoms with Gasteiger partial charge in [-0.15, -0.1) is 0 Å². The van der Waals surface area contributed by atoms with Crippen LogP contribution < -0.4 is 5.32 Å². The van der Waals surface area contributed by atoms with E-state index in [4.69, 9.17) is 5.11 Å². The van der Waals surface area contributed by atoms with Crippen molar-refractivity contribution in [1.82, 2.24) is 15.2 Å². The number of hydrogen-bond donors (Lipinski definition) is 2. The number of aliphatic carboxylic acids is 1. The number of likely N-dealkylation sites (N-methyl/N-ethyl adjacent to an activating group) is 1. The molecular formula is C14H21N3O3. The molecule has 0 aliphatic rings. The number of carboxylic acids is 1. The second-order valence-corrected chi connectivity index (χ2v) is 4.83. The first-order chi connectivity index (χ1) is 9.41. The van der Waals surface area contributed by atoms with Gasteiger partial charge in [0.15, 0.2) is 0 Å². The van der Waals surface area contributed by atoms with Gasteiger partial charge >= 0.3 is 5.97 Å². The summed E-state index contributed by atoms with van der Waals surface area (Å²) in [7, 11) is 1.84. The van der Waals surface area contributed by atoms with Crippen molar-refractivity contribution in [3.05, 3.63) is 30.1 Å². The molecule has 110 valence electrons. The van der Waals surface area contributed by atoms with Crippen molar-refractivity contribution in [1.29, 1.82) is 0 Å². The first-order valence-electron chi connectivity index (χ1n) is 6.54. The summed E-state index contributed by atoms with van der Waals surface area (Å²) in [4.78, 5) is 28.4. The highest BCUT2D eigenvalue weighted by molar-refractivity contribution is 5.86. The van der Waals surface area contributed by atoms with Crippen LogP contribution in [0.15, 0.2) is 24.5 Å².